The maximum absolute atomic E-state index is 12.7. The third-order valence-electron chi connectivity index (χ3n) is 11.0. The molecular formula is C52H36N2O4. The fraction of sp³-hybridized carbons (Fsp3) is 0.0192. The smallest absolute Gasteiger partial charge is 0.336 e. The first-order valence-corrected chi connectivity index (χ1v) is 19.2. The molecule has 1 N–H and O–H groups in total. The third kappa shape index (κ3) is 5.74. The summed E-state index contributed by atoms with van der Waals surface area (Å²) in [5, 5.41) is 16.5. The summed E-state index contributed by atoms with van der Waals surface area (Å²) in [6, 6.07) is 65.9. The van der Waals surface area contributed by atoms with Crippen LogP contribution in [0.1, 0.15) is 10.4 Å². The number of carboxylic acids is 1. The lowest BCUT2D eigenvalue weighted by molar-refractivity contribution is -0.177. The first-order chi connectivity index (χ1) is 28.6. The van der Waals surface area contributed by atoms with Crippen molar-refractivity contribution < 1.29 is 19.7 Å². The van der Waals surface area contributed by atoms with Gasteiger partial charge in [0.1, 0.15) is 0 Å². The van der Waals surface area contributed by atoms with Crippen LogP contribution < -0.4 is 9.79 Å². The van der Waals surface area contributed by atoms with Crippen molar-refractivity contribution in [3.63, 3.8) is 0 Å². The molecule has 0 amide bonds. The molecule has 0 saturated heterocycles. The van der Waals surface area contributed by atoms with Crippen molar-refractivity contribution in [2.75, 3.05) is 12.0 Å². The van der Waals surface area contributed by atoms with E-state index >= 15 is 0 Å². The van der Waals surface area contributed by atoms with Crippen LogP contribution in [0.5, 0.6) is 5.75 Å². The van der Waals surface area contributed by atoms with Crippen molar-refractivity contribution in [2.45, 2.75) is 0 Å². The average Bonchev–Trinajstić information content (AvgIpc) is 3.60. The largest absolute Gasteiger partial charge is 0.478 e. The van der Waals surface area contributed by atoms with Crippen LogP contribution in [-0.2, 0) is 4.89 Å². The maximum atomic E-state index is 12.7. The molecule has 0 unspecified atom stereocenters. The van der Waals surface area contributed by atoms with Crippen LogP contribution in [0.4, 0.5) is 17.1 Å². The van der Waals surface area contributed by atoms with Gasteiger partial charge < -0.3 is 19.5 Å². The summed E-state index contributed by atoms with van der Waals surface area (Å²) in [5.41, 5.74) is 9.83. The zero-order chi connectivity index (χ0) is 39.2. The lowest BCUT2D eigenvalue weighted by Crippen LogP contribution is -2.10. The van der Waals surface area contributed by atoms with Crippen molar-refractivity contribution in [1.29, 1.82) is 0 Å². The van der Waals surface area contributed by atoms with Gasteiger partial charge in [-0.15, -0.1) is 0 Å². The Morgan fingerprint density at radius 3 is 1.74 bits per heavy atom. The Balaban J connectivity index is 1.29. The molecular weight excluding hydrogens is 717 g/mol. The molecule has 0 aliphatic heterocycles. The van der Waals surface area contributed by atoms with E-state index in [2.05, 4.69) is 131 Å². The van der Waals surface area contributed by atoms with Gasteiger partial charge >= 0.3 is 5.97 Å². The van der Waals surface area contributed by atoms with Crippen LogP contribution >= 0.6 is 0 Å². The van der Waals surface area contributed by atoms with Crippen molar-refractivity contribution in [1.82, 2.24) is 4.57 Å². The SMILES string of the molecule is COOc1ccccc1-c1c2ccccc2c(-c2ccccc2C(=O)O)c2ccc(N(c3ccccc3)c3ccc4c(c3)c3ccccc3n4-c3ccccc3)cc12. The van der Waals surface area contributed by atoms with Gasteiger partial charge in [-0.2, -0.15) is 4.89 Å². The van der Waals surface area contributed by atoms with E-state index in [0.29, 0.717) is 11.3 Å². The first-order valence-electron chi connectivity index (χ1n) is 19.2. The van der Waals surface area contributed by atoms with E-state index < -0.39 is 5.97 Å². The molecule has 6 nitrogen and oxygen atoms in total. The molecule has 10 aromatic rings. The molecule has 0 aliphatic carbocycles. The van der Waals surface area contributed by atoms with Crippen molar-refractivity contribution in [3.05, 3.63) is 200 Å². The van der Waals surface area contributed by atoms with E-state index in [0.717, 1.165) is 77.4 Å². The molecule has 1 aromatic heterocycles. The van der Waals surface area contributed by atoms with Crippen LogP contribution in [0.2, 0.25) is 0 Å². The lowest BCUT2D eigenvalue weighted by Gasteiger charge is -2.27. The van der Waals surface area contributed by atoms with Gasteiger partial charge in [0.25, 0.3) is 0 Å². The number of carboxylic acid groups (broad SMARTS) is 1. The fourth-order valence-electron chi connectivity index (χ4n) is 8.59. The molecule has 0 aliphatic rings. The molecule has 0 radical (unpaired) electrons. The number of para-hydroxylation sites is 4. The van der Waals surface area contributed by atoms with Gasteiger partial charge in [0.05, 0.1) is 23.7 Å². The summed E-state index contributed by atoms with van der Waals surface area (Å²) < 4.78 is 2.32. The van der Waals surface area contributed by atoms with Gasteiger partial charge in [-0.1, -0.05) is 121 Å². The molecule has 6 heteroatoms. The van der Waals surface area contributed by atoms with Gasteiger partial charge in [0.15, 0.2) is 5.75 Å². The lowest BCUT2D eigenvalue weighted by atomic mass is 9.84. The third-order valence-corrected chi connectivity index (χ3v) is 11.0. The second-order valence-corrected chi connectivity index (χ2v) is 14.2. The number of rotatable bonds is 9. The average molecular weight is 753 g/mol. The van der Waals surface area contributed by atoms with Crippen LogP contribution in [0.15, 0.2) is 194 Å². The molecule has 0 fully saturated rings. The Morgan fingerprint density at radius 1 is 0.483 bits per heavy atom. The molecule has 0 saturated carbocycles. The van der Waals surface area contributed by atoms with Crippen LogP contribution in [0.25, 0.3) is 71.3 Å². The molecule has 9 aromatic carbocycles. The summed E-state index contributed by atoms with van der Waals surface area (Å²) in [4.78, 5) is 26.1. The molecule has 10 rings (SSSR count). The number of hydrogen-bond donors (Lipinski definition) is 1. The number of anilines is 3. The number of nitrogens with zero attached hydrogens (tertiary/aromatic N) is 2. The summed E-state index contributed by atoms with van der Waals surface area (Å²) in [5.74, 6) is -0.410. The van der Waals surface area contributed by atoms with E-state index in [4.69, 9.17) is 9.78 Å². The second kappa shape index (κ2) is 14.4. The summed E-state index contributed by atoms with van der Waals surface area (Å²) in [7, 11) is 1.50. The highest BCUT2D eigenvalue weighted by molar-refractivity contribution is 6.23. The minimum absolute atomic E-state index is 0.239. The summed E-state index contributed by atoms with van der Waals surface area (Å²) in [6.45, 7) is 0. The minimum Gasteiger partial charge on any atom is -0.478 e. The Labute approximate surface area is 334 Å². The van der Waals surface area contributed by atoms with Crippen LogP contribution in [-0.4, -0.2) is 22.8 Å². The van der Waals surface area contributed by atoms with Crippen molar-refractivity contribution in [3.8, 4) is 33.7 Å². The minimum atomic E-state index is -0.980. The van der Waals surface area contributed by atoms with Gasteiger partial charge in [-0.3, -0.25) is 0 Å². The molecule has 1 heterocycles. The zero-order valence-corrected chi connectivity index (χ0v) is 31.5. The van der Waals surface area contributed by atoms with E-state index in [1.807, 2.05) is 60.7 Å². The Bertz CT molecular complexity index is 3170. The van der Waals surface area contributed by atoms with E-state index in [9.17, 15) is 9.90 Å². The first kappa shape index (κ1) is 34.8. The van der Waals surface area contributed by atoms with E-state index in [-0.39, 0.29) is 5.56 Å². The highest BCUT2D eigenvalue weighted by Gasteiger charge is 2.24. The molecule has 278 valence electrons. The molecule has 0 atom stereocenters. The molecule has 58 heavy (non-hydrogen) atoms. The fourth-order valence-corrected chi connectivity index (χ4v) is 8.59. The molecule has 0 bridgehead atoms. The number of aromatic carboxylic acids is 1. The predicted octanol–water partition coefficient (Wildman–Crippen LogP) is 13.5. The van der Waals surface area contributed by atoms with Crippen molar-refractivity contribution in [2.24, 2.45) is 0 Å². The maximum Gasteiger partial charge on any atom is 0.336 e. The van der Waals surface area contributed by atoms with E-state index in [1.165, 1.54) is 12.5 Å². The zero-order valence-electron chi connectivity index (χ0n) is 31.5. The highest BCUT2D eigenvalue weighted by Crippen LogP contribution is 2.49. The Hall–Kier alpha value is -7.67. The number of benzene rings is 9. The van der Waals surface area contributed by atoms with Gasteiger partial charge in [-0.05, 0) is 105 Å². The number of fused-ring (bicyclic) bond motifs is 5. The standard InChI is InChI=1S/C52H36N2O4/c1-57-58-49-27-15-13-25-44(49)51-40-22-9-8-21-39(40)50(41-23-10-11-24-43(41)52(55)56)42-30-28-36(33-46(42)51)53(34-16-4-2-5-17-34)37-29-31-48-45(32-37)38-20-12-14-26-47(38)54(48)35-18-6-3-7-19-35/h2-33H,1H3,(H,55,56). The molecule has 0 spiro atoms. The normalized spacial score (nSPS) is 11.4. The summed E-state index contributed by atoms with van der Waals surface area (Å²) >= 11 is 0. The summed E-state index contributed by atoms with van der Waals surface area (Å²) in [6.07, 6.45) is 0. The Morgan fingerprint density at radius 2 is 1.02 bits per heavy atom. The van der Waals surface area contributed by atoms with Gasteiger partial charge in [0.2, 0.25) is 0 Å². The monoisotopic (exact) mass is 752 g/mol. The van der Waals surface area contributed by atoms with E-state index in [1.54, 1.807) is 12.1 Å². The van der Waals surface area contributed by atoms with Crippen LogP contribution in [0.3, 0.4) is 0 Å². The highest BCUT2D eigenvalue weighted by atomic mass is 17.2. The van der Waals surface area contributed by atoms with Crippen LogP contribution in [0, 0.1) is 0 Å². The number of carbonyl (C=O) groups is 1. The predicted molar refractivity (Wildman–Crippen MR) is 236 cm³/mol. The Kier molecular flexibility index (Phi) is 8.66. The van der Waals surface area contributed by atoms with Crippen molar-refractivity contribution >= 4 is 66.4 Å². The second-order valence-electron chi connectivity index (χ2n) is 14.2. The van der Waals surface area contributed by atoms with Gasteiger partial charge in [-0.25, -0.2) is 4.79 Å². The number of hydrogen-bond acceptors (Lipinski definition) is 4. The number of aromatic nitrogens is 1. The topological polar surface area (TPSA) is 63.9 Å². The van der Waals surface area contributed by atoms with Gasteiger partial charge in [0, 0.05) is 44.6 Å². The quantitative estimate of drug-likeness (QED) is 0.0903.